The van der Waals surface area contributed by atoms with E-state index < -0.39 is 6.18 Å². The third-order valence-corrected chi connectivity index (χ3v) is 1.67. The molecule has 0 nitrogen and oxygen atoms in total. The zero-order chi connectivity index (χ0) is 7.94. The summed E-state index contributed by atoms with van der Waals surface area (Å²) < 4.78 is 35.4. The van der Waals surface area contributed by atoms with Gasteiger partial charge < -0.3 is 0 Å². The number of hydrogen-bond donors (Lipinski definition) is 0. The van der Waals surface area contributed by atoms with E-state index >= 15 is 0 Å². The Morgan fingerprint density at radius 1 is 1.30 bits per heavy atom. The molecule has 0 saturated heterocycles. The molecular formula is C7H9F3. The first kappa shape index (κ1) is 7.63. The summed E-state index contributed by atoms with van der Waals surface area (Å²) in [6.07, 6.45) is -3.87. The topological polar surface area (TPSA) is 0 Å². The van der Waals surface area contributed by atoms with Gasteiger partial charge in [-0.2, -0.15) is 13.2 Å². The first-order valence-electron chi connectivity index (χ1n) is 3.22. The Bertz CT molecular complexity index is 174. The van der Waals surface area contributed by atoms with Crippen molar-refractivity contribution in [3.05, 3.63) is 11.1 Å². The summed E-state index contributed by atoms with van der Waals surface area (Å²) in [6.45, 7) is 3.57. The first-order chi connectivity index (χ1) is 4.43. The number of allylic oxidation sites excluding steroid dienone is 2. The fourth-order valence-corrected chi connectivity index (χ4v) is 0.981. The summed E-state index contributed by atoms with van der Waals surface area (Å²) in [5, 5.41) is 0. The second-order valence-corrected chi connectivity index (χ2v) is 2.83. The molecule has 0 fully saturated rings. The maximum Gasteiger partial charge on any atom is 0.412 e. The van der Waals surface area contributed by atoms with Crippen LogP contribution in [0.3, 0.4) is 0 Å². The molecule has 0 saturated carbocycles. The molecule has 10 heavy (non-hydrogen) atoms. The summed E-state index contributed by atoms with van der Waals surface area (Å²) in [5.74, 6) is 0.0663. The van der Waals surface area contributed by atoms with Crippen LogP contribution < -0.4 is 0 Å². The SMILES string of the molecule is CC(C)C1=C(C(F)(F)F)C1. The van der Waals surface area contributed by atoms with Gasteiger partial charge in [0.1, 0.15) is 0 Å². The lowest BCUT2D eigenvalue weighted by molar-refractivity contribution is -0.0876. The van der Waals surface area contributed by atoms with Crippen molar-refractivity contribution in [1.82, 2.24) is 0 Å². The van der Waals surface area contributed by atoms with Gasteiger partial charge in [-0.15, -0.1) is 0 Å². The van der Waals surface area contributed by atoms with E-state index in [-0.39, 0.29) is 17.9 Å². The molecule has 0 aliphatic heterocycles. The Morgan fingerprint density at radius 3 is 1.90 bits per heavy atom. The van der Waals surface area contributed by atoms with Gasteiger partial charge in [0.25, 0.3) is 0 Å². The molecule has 1 aliphatic rings. The molecule has 0 spiro atoms. The smallest absolute Gasteiger partial charge is 0.166 e. The van der Waals surface area contributed by atoms with Crippen molar-refractivity contribution < 1.29 is 13.2 Å². The second-order valence-electron chi connectivity index (χ2n) is 2.83. The summed E-state index contributed by atoms with van der Waals surface area (Å²) in [5.41, 5.74) is 0.273. The molecule has 3 heteroatoms. The highest BCUT2D eigenvalue weighted by Gasteiger charge is 2.44. The minimum atomic E-state index is -4.06. The highest BCUT2D eigenvalue weighted by Crippen LogP contribution is 2.47. The van der Waals surface area contributed by atoms with Gasteiger partial charge in [0, 0.05) is 5.57 Å². The number of hydrogen-bond acceptors (Lipinski definition) is 0. The van der Waals surface area contributed by atoms with E-state index in [1.165, 1.54) is 0 Å². The van der Waals surface area contributed by atoms with Crippen LogP contribution in [0.2, 0.25) is 0 Å². The molecule has 0 unspecified atom stereocenters. The van der Waals surface area contributed by atoms with Crippen LogP contribution >= 0.6 is 0 Å². The van der Waals surface area contributed by atoms with Crippen LogP contribution in [0.15, 0.2) is 11.1 Å². The van der Waals surface area contributed by atoms with Crippen LogP contribution in [0, 0.1) is 5.92 Å². The Hall–Kier alpha value is -0.470. The van der Waals surface area contributed by atoms with Gasteiger partial charge in [0.05, 0.1) is 0 Å². The number of rotatable bonds is 1. The molecule has 58 valence electrons. The third kappa shape index (κ3) is 1.33. The molecule has 0 heterocycles. The van der Waals surface area contributed by atoms with Crippen LogP contribution in [0.25, 0.3) is 0 Å². The Morgan fingerprint density at radius 2 is 1.80 bits per heavy atom. The van der Waals surface area contributed by atoms with Crippen LogP contribution in [-0.2, 0) is 0 Å². The highest BCUT2D eigenvalue weighted by atomic mass is 19.4. The first-order valence-corrected chi connectivity index (χ1v) is 3.22. The van der Waals surface area contributed by atoms with E-state index in [2.05, 4.69) is 0 Å². The predicted molar refractivity (Wildman–Crippen MR) is 32.5 cm³/mol. The lowest BCUT2D eigenvalue weighted by Crippen LogP contribution is -2.03. The number of halogens is 3. The van der Waals surface area contributed by atoms with Gasteiger partial charge in [-0.1, -0.05) is 19.4 Å². The van der Waals surface area contributed by atoms with Crippen molar-refractivity contribution >= 4 is 0 Å². The van der Waals surface area contributed by atoms with E-state index in [4.69, 9.17) is 0 Å². The van der Waals surface area contributed by atoms with Gasteiger partial charge in [0.2, 0.25) is 0 Å². The largest absolute Gasteiger partial charge is 0.412 e. The molecule has 1 aliphatic carbocycles. The molecule has 0 amide bonds. The predicted octanol–water partition coefficient (Wildman–Crippen LogP) is 2.91. The maximum absolute atomic E-state index is 11.8. The van der Waals surface area contributed by atoms with Crippen molar-refractivity contribution in [2.75, 3.05) is 0 Å². The summed E-state index contributed by atoms with van der Waals surface area (Å²) in [6, 6.07) is 0. The molecule has 0 N–H and O–H groups in total. The van der Waals surface area contributed by atoms with Crippen LogP contribution in [0.5, 0.6) is 0 Å². The van der Waals surface area contributed by atoms with Crippen molar-refractivity contribution in [3.8, 4) is 0 Å². The highest BCUT2D eigenvalue weighted by molar-refractivity contribution is 5.39. The van der Waals surface area contributed by atoms with Crippen molar-refractivity contribution in [2.24, 2.45) is 5.92 Å². The molecule has 1 rings (SSSR count). The van der Waals surface area contributed by atoms with E-state index in [0.717, 1.165) is 0 Å². The molecule has 0 aromatic carbocycles. The van der Waals surface area contributed by atoms with E-state index in [9.17, 15) is 13.2 Å². The summed E-state index contributed by atoms with van der Waals surface area (Å²) in [7, 11) is 0. The molecule has 0 atom stereocenters. The zero-order valence-corrected chi connectivity index (χ0v) is 5.92. The average Bonchev–Trinajstić information content (AvgIpc) is 2.35. The molecule has 0 radical (unpaired) electrons. The molecule has 0 bridgehead atoms. The van der Waals surface area contributed by atoms with Gasteiger partial charge in [-0.3, -0.25) is 0 Å². The summed E-state index contributed by atoms with van der Waals surface area (Å²) in [4.78, 5) is 0. The lowest BCUT2D eigenvalue weighted by atomic mass is 10.2. The van der Waals surface area contributed by atoms with E-state index in [1.54, 1.807) is 13.8 Å². The third-order valence-electron chi connectivity index (χ3n) is 1.67. The van der Waals surface area contributed by atoms with Crippen molar-refractivity contribution in [1.29, 1.82) is 0 Å². The lowest BCUT2D eigenvalue weighted by Gasteiger charge is -1.97. The minimum absolute atomic E-state index is 0.0663. The van der Waals surface area contributed by atoms with Gasteiger partial charge in [0.15, 0.2) is 0 Å². The Balaban J connectivity index is 2.65. The monoisotopic (exact) mass is 150 g/mol. The number of alkyl halides is 3. The van der Waals surface area contributed by atoms with E-state index in [0.29, 0.717) is 5.57 Å². The van der Waals surface area contributed by atoms with E-state index in [1.807, 2.05) is 0 Å². The van der Waals surface area contributed by atoms with Gasteiger partial charge in [-0.05, 0) is 12.3 Å². The Labute approximate surface area is 57.7 Å². The van der Waals surface area contributed by atoms with Crippen LogP contribution in [0.4, 0.5) is 13.2 Å². The molecule has 0 aromatic heterocycles. The zero-order valence-electron chi connectivity index (χ0n) is 5.92. The second kappa shape index (κ2) is 2.01. The summed E-state index contributed by atoms with van der Waals surface area (Å²) >= 11 is 0. The van der Waals surface area contributed by atoms with Crippen LogP contribution in [-0.4, -0.2) is 6.18 Å². The van der Waals surface area contributed by atoms with Gasteiger partial charge in [-0.25, -0.2) is 0 Å². The maximum atomic E-state index is 11.8. The normalized spacial score (nSPS) is 18.6. The van der Waals surface area contributed by atoms with Crippen molar-refractivity contribution in [2.45, 2.75) is 26.4 Å². The quantitative estimate of drug-likeness (QED) is 0.504. The standard InChI is InChI=1S/C7H9F3/c1-4(2)5-3-6(5)7(8,9)10/h4H,3H2,1-2H3. The molecule has 0 aromatic rings. The van der Waals surface area contributed by atoms with Gasteiger partial charge >= 0.3 is 6.18 Å². The Kier molecular flexibility index (Phi) is 1.53. The minimum Gasteiger partial charge on any atom is -0.166 e. The fraction of sp³-hybridized carbons (Fsp3) is 0.714. The molecular weight excluding hydrogens is 141 g/mol. The average molecular weight is 150 g/mol. The van der Waals surface area contributed by atoms with Crippen molar-refractivity contribution in [3.63, 3.8) is 0 Å². The fourth-order valence-electron chi connectivity index (χ4n) is 0.981. The van der Waals surface area contributed by atoms with Crippen LogP contribution in [0.1, 0.15) is 20.3 Å².